The van der Waals surface area contributed by atoms with Crippen LogP contribution in [0, 0.1) is 5.82 Å². The molecule has 1 aliphatic heterocycles. The van der Waals surface area contributed by atoms with E-state index in [2.05, 4.69) is 4.98 Å². The number of anilines is 1. The number of carbonyl (C=O) groups is 1. The molecule has 2 aromatic heterocycles. The van der Waals surface area contributed by atoms with Crippen molar-refractivity contribution in [3.05, 3.63) is 45.3 Å². The first-order valence-corrected chi connectivity index (χ1v) is 9.28. The summed E-state index contributed by atoms with van der Waals surface area (Å²) in [6.45, 7) is 0.355. The van der Waals surface area contributed by atoms with Gasteiger partial charge in [0.25, 0.3) is 0 Å². The fourth-order valence-electron chi connectivity index (χ4n) is 3.46. The molecule has 2 aromatic rings. The fraction of sp³-hybridized carbons (Fsp3) is 0.421. The summed E-state index contributed by atoms with van der Waals surface area (Å²) in [5.74, 6) is -2.71. The van der Waals surface area contributed by atoms with Crippen LogP contribution in [0.2, 0.25) is 0 Å². The first kappa shape index (κ1) is 19.5. The van der Waals surface area contributed by atoms with E-state index in [0.29, 0.717) is 5.57 Å². The van der Waals surface area contributed by atoms with Crippen molar-refractivity contribution in [2.45, 2.75) is 18.9 Å². The lowest BCUT2D eigenvalue weighted by Crippen LogP contribution is -2.30. The number of hydrogen-bond donors (Lipinski definition) is 2. The number of aromatic nitrogens is 2. The highest BCUT2D eigenvalue weighted by molar-refractivity contribution is 5.92. The topological polar surface area (TPSA) is 111 Å². The van der Waals surface area contributed by atoms with Gasteiger partial charge in [-0.3, -0.25) is 4.79 Å². The number of aromatic carboxylic acids is 1. The maximum absolute atomic E-state index is 14.9. The molecule has 0 unspecified atom stereocenters. The molecule has 0 atom stereocenters. The van der Waals surface area contributed by atoms with Crippen LogP contribution in [-0.2, 0) is 4.74 Å². The number of pyridine rings is 2. The molecule has 0 amide bonds. The highest BCUT2D eigenvalue weighted by atomic mass is 19.1. The first-order chi connectivity index (χ1) is 13.9. The number of carboxylic acids is 1. The third-order valence-electron chi connectivity index (χ3n) is 5.14. The van der Waals surface area contributed by atoms with Gasteiger partial charge in [0.15, 0.2) is 11.6 Å². The average Bonchev–Trinajstić information content (AvgIpc) is 3.54. The third-order valence-corrected chi connectivity index (χ3v) is 5.14. The molecular formula is C19H20F2N4O4. The standard InChI is InChI=1S/C19H20F2N4O4/c20-14-5-12-16(26)13(19(27)28)8-25(11-1-2-11)17(12)23-18(14)24-3-4-29-9-10(7-24)15(21)6-22/h5,8,11H,1-4,6-7,9,22H2,(H,27,28)/b15-10-. The molecule has 2 fully saturated rings. The molecular weight excluding hydrogens is 386 g/mol. The van der Waals surface area contributed by atoms with Crippen molar-refractivity contribution in [3.8, 4) is 0 Å². The van der Waals surface area contributed by atoms with Crippen molar-refractivity contribution < 1.29 is 23.4 Å². The summed E-state index contributed by atoms with van der Waals surface area (Å²) in [7, 11) is 0. The second-order valence-electron chi connectivity index (χ2n) is 7.17. The molecule has 0 aromatic carbocycles. The van der Waals surface area contributed by atoms with Crippen molar-refractivity contribution in [2.75, 3.05) is 37.7 Å². The van der Waals surface area contributed by atoms with Gasteiger partial charge in [0.1, 0.15) is 17.0 Å². The van der Waals surface area contributed by atoms with Gasteiger partial charge in [-0.25, -0.2) is 18.6 Å². The number of hydrogen-bond acceptors (Lipinski definition) is 6. The summed E-state index contributed by atoms with van der Waals surface area (Å²) >= 11 is 0. The number of nitrogens with two attached hydrogens (primary N) is 1. The largest absolute Gasteiger partial charge is 0.477 e. The van der Waals surface area contributed by atoms with E-state index in [4.69, 9.17) is 10.5 Å². The Morgan fingerprint density at radius 1 is 1.41 bits per heavy atom. The molecule has 10 heteroatoms. The maximum Gasteiger partial charge on any atom is 0.341 e. The lowest BCUT2D eigenvalue weighted by molar-refractivity contribution is 0.0695. The van der Waals surface area contributed by atoms with Crippen molar-refractivity contribution in [1.29, 1.82) is 0 Å². The van der Waals surface area contributed by atoms with Gasteiger partial charge >= 0.3 is 5.97 Å². The van der Waals surface area contributed by atoms with Crippen molar-refractivity contribution in [2.24, 2.45) is 5.73 Å². The molecule has 1 aliphatic carbocycles. The molecule has 2 aliphatic rings. The van der Waals surface area contributed by atoms with Gasteiger partial charge in [0, 0.05) is 37.4 Å². The quantitative estimate of drug-likeness (QED) is 0.793. The van der Waals surface area contributed by atoms with E-state index in [-0.39, 0.29) is 55.7 Å². The summed E-state index contributed by atoms with van der Waals surface area (Å²) < 4.78 is 36.0. The number of halogens is 2. The molecule has 3 heterocycles. The van der Waals surface area contributed by atoms with E-state index in [1.807, 2.05) is 0 Å². The van der Waals surface area contributed by atoms with Crippen molar-refractivity contribution in [3.63, 3.8) is 0 Å². The fourth-order valence-corrected chi connectivity index (χ4v) is 3.46. The molecule has 1 saturated carbocycles. The van der Waals surface area contributed by atoms with Crippen LogP contribution in [-0.4, -0.2) is 53.5 Å². The highest BCUT2D eigenvalue weighted by Gasteiger charge is 2.29. The molecule has 154 valence electrons. The summed E-state index contributed by atoms with van der Waals surface area (Å²) in [6.07, 6.45) is 2.90. The van der Waals surface area contributed by atoms with Crippen LogP contribution in [0.25, 0.3) is 11.0 Å². The van der Waals surface area contributed by atoms with Gasteiger partial charge in [-0.05, 0) is 18.9 Å². The van der Waals surface area contributed by atoms with Gasteiger partial charge in [0.05, 0.1) is 18.6 Å². The molecule has 1 saturated heterocycles. The van der Waals surface area contributed by atoms with Crippen LogP contribution in [0.15, 0.2) is 28.5 Å². The lowest BCUT2D eigenvalue weighted by atomic mass is 10.1. The summed E-state index contributed by atoms with van der Waals surface area (Å²) in [5, 5.41) is 9.23. The molecule has 0 radical (unpaired) electrons. The zero-order valence-electron chi connectivity index (χ0n) is 15.5. The molecule has 3 N–H and O–H groups in total. The maximum atomic E-state index is 14.9. The summed E-state index contributed by atoms with van der Waals surface area (Å²) in [5.41, 5.74) is 4.70. The average molecular weight is 406 g/mol. The lowest BCUT2D eigenvalue weighted by Gasteiger charge is -2.23. The van der Waals surface area contributed by atoms with Crippen molar-refractivity contribution >= 4 is 22.8 Å². The Hall–Kier alpha value is -2.85. The Morgan fingerprint density at radius 3 is 2.83 bits per heavy atom. The van der Waals surface area contributed by atoms with Gasteiger partial charge in [-0.1, -0.05) is 0 Å². The number of rotatable bonds is 4. The predicted molar refractivity (Wildman–Crippen MR) is 101 cm³/mol. The van der Waals surface area contributed by atoms with Crippen LogP contribution in [0.5, 0.6) is 0 Å². The first-order valence-electron chi connectivity index (χ1n) is 9.28. The van der Waals surface area contributed by atoms with Gasteiger partial charge in [-0.2, -0.15) is 0 Å². The Labute approximate surface area is 164 Å². The monoisotopic (exact) mass is 406 g/mol. The minimum Gasteiger partial charge on any atom is -0.477 e. The SMILES string of the molecule is NC/C(F)=C1/COCCN(c2nc3c(cc2F)c(=O)c(C(=O)O)cn3C2CC2)C1. The van der Waals surface area contributed by atoms with E-state index >= 15 is 0 Å². The smallest absolute Gasteiger partial charge is 0.341 e. The van der Waals surface area contributed by atoms with E-state index in [1.165, 1.54) is 6.20 Å². The van der Waals surface area contributed by atoms with Crippen LogP contribution in [0.4, 0.5) is 14.6 Å². The number of fused-ring (bicyclic) bond motifs is 1. The van der Waals surface area contributed by atoms with Crippen LogP contribution in [0.1, 0.15) is 29.2 Å². The van der Waals surface area contributed by atoms with Crippen LogP contribution < -0.4 is 16.1 Å². The normalized spacial score (nSPS) is 19.3. The third kappa shape index (κ3) is 3.60. The molecule has 0 spiro atoms. The van der Waals surface area contributed by atoms with Gasteiger partial charge in [0.2, 0.25) is 5.43 Å². The Bertz CT molecular complexity index is 1080. The minimum absolute atomic E-state index is 0.0135. The van der Waals surface area contributed by atoms with E-state index < -0.39 is 28.6 Å². The van der Waals surface area contributed by atoms with Crippen LogP contribution >= 0.6 is 0 Å². The Balaban J connectivity index is 1.87. The molecule has 0 bridgehead atoms. The summed E-state index contributed by atoms with van der Waals surface area (Å²) in [6, 6.07) is 1.03. The molecule has 29 heavy (non-hydrogen) atoms. The predicted octanol–water partition coefficient (Wildman–Crippen LogP) is 1.59. The number of nitrogens with zero attached hydrogens (tertiary/aromatic N) is 3. The molecule has 8 nitrogen and oxygen atoms in total. The second-order valence-corrected chi connectivity index (χ2v) is 7.17. The zero-order chi connectivity index (χ0) is 20.7. The van der Waals surface area contributed by atoms with E-state index in [1.54, 1.807) is 9.47 Å². The zero-order valence-corrected chi connectivity index (χ0v) is 15.5. The Kier molecular flexibility index (Phi) is 5.05. The minimum atomic E-state index is -1.37. The summed E-state index contributed by atoms with van der Waals surface area (Å²) in [4.78, 5) is 29.9. The number of carboxylic acid groups (broad SMARTS) is 1. The highest BCUT2D eigenvalue weighted by Crippen LogP contribution is 2.37. The number of ether oxygens (including phenoxy) is 1. The van der Waals surface area contributed by atoms with E-state index in [9.17, 15) is 23.5 Å². The Morgan fingerprint density at radius 2 is 2.17 bits per heavy atom. The van der Waals surface area contributed by atoms with Crippen LogP contribution in [0.3, 0.4) is 0 Å². The van der Waals surface area contributed by atoms with E-state index in [0.717, 1.165) is 18.9 Å². The van der Waals surface area contributed by atoms with Crippen molar-refractivity contribution in [1.82, 2.24) is 9.55 Å². The van der Waals surface area contributed by atoms with Gasteiger partial charge < -0.3 is 25.0 Å². The second kappa shape index (κ2) is 7.53. The van der Waals surface area contributed by atoms with Gasteiger partial charge in [-0.15, -0.1) is 0 Å². The molecule has 4 rings (SSSR count).